The van der Waals surface area contributed by atoms with Crippen LogP contribution < -0.4 is 19.5 Å². The summed E-state index contributed by atoms with van der Waals surface area (Å²) >= 11 is 0. The van der Waals surface area contributed by atoms with Crippen LogP contribution in [0.2, 0.25) is 0 Å². The molecule has 3 rings (SSSR count). The third kappa shape index (κ3) is 6.27. The van der Waals surface area contributed by atoms with Crippen LogP contribution in [0.15, 0.2) is 78.9 Å². The summed E-state index contributed by atoms with van der Waals surface area (Å²) in [6.07, 6.45) is 0. The number of para-hydroxylation sites is 3. The molecule has 0 aliphatic carbocycles. The molecule has 0 bridgehead atoms. The van der Waals surface area contributed by atoms with E-state index in [1.54, 1.807) is 48.5 Å². The van der Waals surface area contributed by atoms with Gasteiger partial charge in [-0.05, 0) is 48.5 Å². The molecule has 1 amide bonds. The number of hydrogen-bond acceptors (Lipinski definition) is 5. The minimum Gasteiger partial charge on any atom is -0.490 e. The van der Waals surface area contributed by atoms with E-state index >= 15 is 0 Å². The zero-order valence-electron chi connectivity index (χ0n) is 16.1. The minimum atomic E-state index is -0.988. The lowest BCUT2D eigenvalue weighted by atomic mass is 10.2. The standard InChI is InChI=1S/C23H21NO6/c25-22(16-30-18-6-2-1-3-7-18)24-20-8-4-5-9-21(20)29-15-14-28-19-12-10-17(11-13-19)23(26)27/h1-13H,14-16H2,(H,24,25)(H,26,27). The summed E-state index contributed by atoms with van der Waals surface area (Å²) in [7, 11) is 0. The second-order valence-corrected chi connectivity index (χ2v) is 6.17. The second kappa shape index (κ2) is 10.5. The quantitative estimate of drug-likeness (QED) is 0.496. The van der Waals surface area contributed by atoms with Gasteiger partial charge in [-0.2, -0.15) is 0 Å². The van der Waals surface area contributed by atoms with Gasteiger partial charge in [0.15, 0.2) is 6.61 Å². The van der Waals surface area contributed by atoms with Crippen molar-refractivity contribution in [3.8, 4) is 17.2 Å². The SMILES string of the molecule is O=C(COc1ccccc1)Nc1ccccc1OCCOc1ccc(C(=O)O)cc1. The largest absolute Gasteiger partial charge is 0.490 e. The van der Waals surface area contributed by atoms with E-state index in [4.69, 9.17) is 19.3 Å². The lowest BCUT2D eigenvalue weighted by Crippen LogP contribution is -2.21. The Morgan fingerprint density at radius 3 is 2.10 bits per heavy atom. The summed E-state index contributed by atoms with van der Waals surface area (Å²) < 4.78 is 16.7. The second-order valence-electron chi connectivity index (χ2n) is 6.17. The number of hydrogen-bond donors (Lipinski definition) is 2. The van der Waals surface area contributed by atoms with E-state index in [9.17, 15) is 9.59 Å². The maximum atomic E-state index is 12.2. The van der Waals surface area contributed by atoms with Crippen LogP contribution in [0.4, 0.5) is 5.69 Å². The van der Waals surface area contributed by atoms with Gasteiger partial charge in [0.05, 0.1) is 11.3 Å². The van der Waals surface area contributed by atoms with Crippen LogP contribution in [0, 0.1) is 0 Å². The number of carboxylic acid groups (broad SMARTS) is 1. The van der Waals surface area contributed by atoms with Gasteiger partial charge in [0, 0.05) is 0 Å². The molecular formula is C23H21NO6. The van der Waals surface area contributed by atoms with E-state index in [-0.39, 0.29) is 31.3 Å². The third-order valence-electron chi connectivity index (χ3n) is 3.99. The molecule has 3 aromatic carbocycles. The number of carboxylic acids is 1. The van der Waals surface area contributed by atoms with E-state index in [1.165, 1.54) is 12.1 Å². The smallest absolute Gasteiger partial charge is 0.335 e. The van der Waals surface area contributed by atoms with Crippen LogP contribution in [-0.2, 0) is 4.79 Å². The van der Waals surface area contributed by atoms with Crippen molar-refractivity contribution in [1.29, 1.82) is 0 Å². The number of carbonyl (C=O) groups excluding carboxylic acids is 1. The van der Waals surface area contributed by atoms with Crippen LogP contribution in [0.1, 0.15) is 10.4 Å². The Bertz CT molecular complexity index is 972. The molecule has 154 valence electrons. The third-order valence-corrected chi connectivity index (χ3v) is 3.99. The molecule has 0 spiro atoms. The Labute approximate surface area is 173 Å². The molecule has 0 unspecified atom stereocenters. The van der Waals surface area contributed by atoms with E-state index < -0.39 is 5.97 Å². The number of benzene rings is 3. The summed E-state index contributed by atoms with van der Waals surface area (Å²) in [5, 5.41) is 11.7. The Balaban J connectivity index is 1.46. The highest BCUT2D eigenvalue weighted by Crippen LogP contribution is 2.24. The molecule has 0 aliphatic rings. The van der Waals surface area contributed by atoms with Gasteiger partial charge in [-0.15, -0.1) is 0 Å². The number of nitrogens with one attached hydrogen (secondary N) is 1. The highest BCUT2D eigenvalue weighted by atomic mass is 16.5. The topological polar surface area (TPSA) is 94.1 Å². The summed E-state index contributed by atoms with van der Waals surface area (Å²) in [5.41, 5.74) is 0.726. The van der Waals surface area contributed by atoms with Crippen molar-refractivity contribution >= 4 is 17.6 Å². The highest BCUT2D eigenvalue weighted by Gasteiger charge is 2.09. The number of anilines is 1. The average molecular weight is 407 g/mol. The average Bonchev–Trinajstić information content (AvgIpc) is 2.77. The van der Waals surface area contributed by atoms with Crippen molar-refractivity contribution in [3.05, 3.63) is 84.4 Å². The number of rotatable bonds is 10. The van der Waals surface area contributed by atoms with Crippen molar-refractivity contribution < 1.29 is 28.9 Å². The van der Waals surface area contributed by atoms with Gasteiger partial charge in [-0.3, -0.25) is 4.79 Å². The zero-order chi connectivity index (χ0) is 21.2. The van der Waals surface area contributed by atoms with Gasteiger partial charge in [0.1, 0.15) is 30.5 Å². The molecule has 7 heteroatoms. The molecular weight excluding hydrogens is 386 g/mol. The van der Waals surface area contributed by atoms with Gasteiger partial charge in [-0.1, -0.05) is 30.3 Å². The fraction of sp³-hybridized carbons (Fsp3) is 0.130. The molecule has 30 heavy (non-hydrogen) atoms. The summed E-state index contributed by atoms with van der Waals surface area (Å²) in [6, 6.07) is 22.3. The van der Waals surface area contributed by atoms with Crippen LogP contribution in [-0.4, -0.2) is 36.8 Å². The fourth-order valence-electron chi connectivity index (χ4n) is 2.55. The van der Waals surface area contributed by atoms with Crippen molar-refractivity contribution in [3.63, 3.8) is 0 Å². The lowest BCUT2D eigenvalue weighted by Gasteiger charge is -2.13. The Hall–Kier alpha value is -4.00. The number of carbonyl (C=O) groups is 2. The van der Waals surface area contributed by atoms with Crippen molar-refractivity contribution in [1.82, 2.24) is 0 Å². The molecule has 7 nitrogen and oxygen atoms in total. The first kappa shape index (κ1) is 20.7. The maximum Gasteiger partial charge on any atom is 0.335 e. The predicted octanol–water partition coefficient (Wildman–Crippen LogP) is 3.86. The first-order valence-electron chi connectivity index (χ1n) is 9.27. The fourth-order valence-corrected chi connectivity index (χ4v) is 2.55. The molecule has 0 radical (unpaired) electrons. The summed E-state index contributed by atoms with van der Waals surface area (Å²) in [6.45, 7) is 0.383. The molecule has 0 atom stereocenters. The van der Waals surface area contributed by atoms with E-state index in [1.807, 2.05) is 18.2 Å². The molecule has 2 N–H and O–H groups in total. The lowest BCUT2D eigenvalue weighted by molar-refractivity contribution is -0.118. The van der Waals surface area contributed by atoms with E-state index in [0.717, 1.165) is 0 Å². The van der Waals surface area contributed by atoms with Crippen molar-refractivity contribution in [2.45, 2.75) is 0 Å². The van der Waals surface area contributed by atoms with Crippen LogP contribution in [0.5, 0.6) is 17.2 Å². The molecule has 3 aromatic rings. The van der Waals surface area contributed by atoms with Crippen LogP contribution in [0.25, 0.3) is 0 Å². The minimum absolute atomic E-state index is 0.117. The Morgan fingerprint density at radius 2 is 1.37 bits per heavy atom. The Morgan fingerprint density at radius 1 is 0.733 bits per heavy atom. The van der Waals surface area contributed by atoms with Gasteiger partial charge < -0.3 is 24.6 Å². The monoisotopic (exact) mass is 407 g/mol. The zero-order valence-corrected chi connectivity index (χ0v) is 16.1. The van der Waals surface area contributed by atoms with Gasteiger partial charge in [-0.25, -0.2) is 4.79 Å². The van der Waals surface area contributed by atoms with Gasteiger partial charge in [0.2, 0.25) is 0 Å². The number of amides is 1. The molecule has 0 aliphatic heterocycles. The normalized spacial score (nSPS) is 10.1. The van der Waals surface area contributed by atoms with E-state index in [2.05, 4.69) is 5.32 Å². The molecule has 0 saturated carbocycles. The molecule has 0 fully saturated rings. The predicted molar refractivity (Wildman–Crippen MR) is 111 cm³/mol. The van der Waals surface area contributed by atoms with Gasteiger partial charge >= 0.3 is 5.97 Å². The first-order chi connectivity index (χ1) is 14.6. The molecule has 0 heterocycles. The number of ether oxygens (including phenoxy) is 3. The van der Waals surface area contributed by atoms with Crippen LogP contribution in [0.3, 0.4) is 0 Å². The van der Waals surface area contributed by atoms with Crippen molar-refractivity contribution in [2.24, 2.45) is 0 Å². The van der Waals surface area contributed by atoms with Crippen LogP contribution >= 0.6 is 0 Å². The van der Waals surface area contributed by atoms with E-state index in [0.29, 0.717) is 22.9 Å². The van der Waals surface area contributed by atoms with Gasteiger partial charge in [0.25, 0.3) is 5.91 Å². The maximum absolute atomic E-state index is 12.2. The molecule has 0 aromatic heterocycles. The summed E-state index contributed by atoms with van der Waals surface area (Å²) in [5.74, 6) is 0.381. The van der Waals surface area contributed by atoms with Crippen molar-refractivity contribution in [2.75, 3.05) is 25.1 Å². The molecule has 0 saturated heterocycles. The Kier molecular flexibility index (Phi) is 7.27. The highest BCUT2D eigenvalue weighted by molar-refractivity contribution is 5.93. The first-order valence-corrected chi connectivity index (χ1v) is 9.27. The summed E-state index contributed by atoms with van der Waals surface area (Å²) in [4.78, 5) is 23.0. The number of aromatic carboxylic acids is 1.